The van der Waals surface area contributed by atoms with E-state index in [0.29, 0.717) is 10.6 Å². The quantitative estimate of drug-likeness (QED) is 0.661. The zero-order valence-electron chi connectivity index (χ0n) is 16.5. The summed E-state index contributed by atoms with van der Waals surface area (Å²) in [7, 11) is 4.01. The number of tetrazole rings is 1. The number of halogens is 1. The predicted molar refractivity (Wildman–Crippen MR) is 112 cm³/mol. The van der Waals surface area contributed by atoms with E-state index in [-0.39, 0.29) is 11.9 Å². The van der Waals surface area contributed by atoms with Gasteiger partial charge in [-0.3, -0.25) is 4.79 Å². The maximum absolute atomic E-state index is 13.3. The lowest BCUT2D eigenvalue weighted by molar-refractivity contribution is 0.0659. The van der Waals surface area contributed by atoms with Gasteiger partial charge in [0.25, 0.3) is 5.91 Å². The first-order chi connectivity index (χ1) is 14.0. The zero-order valence-corrected chi connectivity index (χ0v) is 17.3. The number of aromatic nitrogens is 4. The number of piperidine rings is 1. The number of nitrogens with zero attached hydrogens (tertiary/aromatic N) is 6. The molecule has 1 amide bonds. The van der Waals surface area contributed by atoms with Gasteiger partial charge in [-0.1, -0.05) is 23.7 Å². The minimum Gasteiger partial charge on any atom is -0.339 e. The van der Waals surface area contributed by atoms with Crippen LogP contribution in [0.25, 0.3) is 16.8 Å². The highest BCUT2D eigenvalue weighted by Gasteiger charge is 2.25. The largest absolute Gasteiger partial charge is 0.339 e. The van der Waals surface area contributed by atoms with E-state index >= 15 is 0 Å². The first kappa shape index (κ1) is 19.5. The van der Waals surface area contributed by atoms with E-state index in [0.717, 1.165) is 42.7 Å². The van der Waals surface area contributed by atoms with Gasteiger partial charge in [0.1, 0.15) is 6.33 Å². The highest BCUT2D eigenvalue weighted by atomic mass is 35.5. The Bertz CT molecular complexity index is 981. The van der Waals surface area contributed by atoms with Crippen LogP contribution in [-0.4, -0.2) is 69.1 Å². The average molecular weight is 411 g/mol. The van der Waals surface area contributed by atoms with E-state index in [1.165, 1.54) is 6.33 Å². The first-order valence-electron chi connectivity index (χ1n) is 9.61. The molecule has 1 saturated heterocycles. The summed E-state index contributed by atoms with van der Waals surface area (Å²) in [5, 5.41) is 12.1. The average Bonchev–Trinajstić information content (AvgIpc) is 3.28. The number of hydrogen-bond donors (Lipinski definition) is 0. The molecule has 8 heteroatoms. The number of rotatable bonds is 4. The van der Waals surface area contributed by atoms with Gasteiger partial charge in [0.15, 0.2) is 0 Å². The molecule has 0 radical (unpaired) electrons. The summed E-state index contributed by atoms with van der Waals surface area (Å²) in [5.74, 6) is 0.00434. The summed E-state index contributed by atoms with van der Waals surface area (Å²) in [6.07, 6.45) is 3.49. The van der Waals surface area contributed by atoms with Crippen molar-refractivity contribution in [3.8, 4) is 16.8 Å². The topological polar surface area (TPSA) is 67.2 Å². The Hall–Kier alpha value is -2.77. The Kier molecular flexibility index (Phi) is 5.60. The lowest BCUT2D eigenvalue weighted by Gasteiger charge is -2.35. The molecular weight excluding hydrogens is 388 g/mol. The van der Waals surface area contributed by atoms with Crippen LogP contribution in [0.1, 0.15) is 23.2 Å². The van der Waals surface area contributed by atoms with Crippen molar-refractivity contribution in [3.05, 3.63) is 59.4 Å². The van der Waals surface area contributed by atoms with Crippen LogP contribution in [-0.2, 0) is 0 Å². The van der Waals surface area contributed by atoms with Gasteiger partial charge in [-0.25, -0.2) is 4.68 Å². The Balaban J connectivity index is 1.70. The molecule has 1 fully saturated rings. The molecule has 0 bridgehead atoms. The van der Waals surface area contributed by atoms with Gasteiger partial charge < -0.3 is 9.80 Å². The minimum absolute atomic E-state index is 0.00434. The van der Waals surface area contributed by atoms with Crippen LogP contribution in [0.3, 0.4) is 0 Å². The highest BCUT2D eigenvalue weighted by molar-refractivity contribution is 6.30. The van der Waals surface area contributed by atoms with Crippen molar-refractivity contribution in [1.82, 2.24) is 30.0 Å². The first-order valence-corrected chi connectivity index (χ1v) is 9.99. The Labute approximate surface area is 174 Å². The van der Waals surface area contributed by atoms with Crippen LogP contribution in [0.5, 0.6) is 0 Å². The third-order valence-corrected chi connectivity index (χ3v) is 5.76. The van der Waals surface area contributed by atoms with Crippen molar-refractivity contribution < 1.29 is 4.79 Å². The van der Waals surface area contributed by atoms with Crippen molar-refractivity contribution >= 4 is 17.5 Å². The second-order valence-corrected chi connectivity index (χ2v) is 7.92. The van der Waals surface area contributed by atoms with E-state index < -0.39 is 0 Å². The molecule has 1 aliphatic rings. The molecule has 1 aromatic heterocycles. The van der Waals surface area contributed by atoms with Crippen LogP contribution in [0.15, 0.2) is 48.8 Å². The molecule has 0 saturated carbocycles. The van der Waals surface area contributed by atoms with E-state index in [4.69, 9.17) is 11.6 Å². The van der Waals surface area contributed by atoms with Gasteiger partial charge in [0, 0.05) is 23.7 Å². The Morgan fingerprint density at radius 3 is 2.48 bits per heavy atom. The van der Waals surface area contributed by atoms with Crippen LogP contribution >= 0.6 is 11.6 Å². The fraction of sp³-hybridized carbons (Fsp3) is 0.333. The number of amides is 1. The number of benzene rings is 2. The van der Waals surface area contributed by atoms with Crippen LogP contribution < -0.4 is 0 Å². The third-order valence-electron chi connectivity index (χ3n) is 5.51. The highest BCUT2D eigenvalue weighted by Crippen LogP contribution is 2.27. The monoisotopic (exact) mass is 410 g/mol. The van der Waals surface area contributed by atoms with E-state index in [9.17, 15) is 4.79 Å². The van der Waals surface area contributed by atoms with Crippen molar-refractivity contribution in [3.63, 3.8) is 0 Å². The molecule has 0 atom stereocenters. The smallest absolute Gasteiger partial charge is 0.253 e. The van der Waals surface area contributed by atoms with Gasteiger partial charge in [0.2, 0.25) is 0 Å². The second kappa shape index (κ2) is 8.31. The summed E-state index contributed by atoms with van der Waals surface area (Å²) in [5.41, 5.74) is 3.24. The SMILES string of the molecule is CN1CCC(N(C)C(=O)c2cc(-c3ccc(Cl)cc3)cc(-n3cnnn3)c2)CC1. The maximum Gasteiger partial charge on any atom is 0.253 e. The molecular formula is C21H23ClN6O. The fourth-order valence-electron chi connectivity index (χ4n) is 3.71. The summed E-state index contributed by atoms with van der Waals surface area (Å²) >= 11 is 6.04. The Morgan fingerprint density at radius 1 is 1.10 bits per heavy atom. The summed E-state index contributed by atoms with van der Waals surface area (Å²) in [6, 6.07) is 13.5. The summed E-state index contributed by atoms with van der Waals surface area (Å²) in [6.45, 7) is 2.01. The summed E-state index contributed by atoms with van der Waals surface area (Å²) < 4.78 is 1.56. The number of carbonyl (C=O) groups excluding carboxylic acids is 1. The molecule has 1 aliphatic heterocycles. The zero-order chi connectivity index (χ0) is 20.4. The van der Waals surface area contributed by atoms with Gasteiger partial charge >= 0.3 is 0 Å². The van der Waals surface area contributed by atoms with Crippen molar-refractivity contribution in [2.75, 3.05) is 27.2 Å². The molecule has 0 aliphatic carbocycles. The van der Waals surface area contributed by atoms with Crippen molar-refractivity contribution in [2.24, 2.45) is 0 Å². The molecule has 2 heterocycles. The molecule has 7 nitrogen and oxygen atoms in total. The number of likely N-dealkylation sites (tertiary alicyclic amines) is 1. The van der Waals surface area contributed by atoms with Gasteiger partial charge in [-0.15, -0.1) is 5.10 Å². The Morgan fingerprint density at radius 2 is 1.83 bits per heavy atom. The van der Waals surface area contributed by atoms with Gasteiger partial charge in [-0.05, 0) is 84.9 Å². The van der Waals surface area contributed by atoms with Crippen LogP contribution in [0, 0.1) is 0 Å². The third kappa shape index (κ3) is 4.31. The molecule has 2 aromatic carbocycles. The molecule has 150 valence electrons. The van der Waals surface area contributed by atoms with Crippen molar-refractivity contribution in [2.45, 2.75) is 18.9 Å². The van der Waals surface area contributed by atoms with Crippen molar-refractivity contribution in [1.29, 1.82) is 0 Å². The molecule has 0 N–H and O–H groups in total. The molecule has 4 rings (SSSR count). The van der Waals surface area contributed by atoms with E-state index in [2.05, 4.69) is 27.5 Å². The normalized spacial score (nSPS) is 15.4. The minimum atomic E-state index is 0.00434. The molecule has 3 aromatic rings. The number of carbonyl (C=O) groups is 1. The molecule has 0 unspecified atom stereocenters. The van der Waals surface area contributed by atoms with Crippen LogP contribution in [0.2, 0.25) is 5.02 Å². The second-order valence-electron chi connectivity index (χ2n) is 7.48. The lowest BCUT2D eigenvalue weighted by atomic mass is 9.99. The summed E-state index contributed by atoms with van der Waals surface area (Å²) in [4.78, 5) is 17.5. The number of hydrogen-bond acceptors (Lipinski definition) is 5. The van der Waals surface area contributed by atoms with Crippen LogP contribution in [0.4, 0.5) is 0 Å². The van der Waals surface area contributed by atoms with E-state index in [1.807, 2.05) is 54.4 Å². The maximum atomic E-state index is 13.3. The fourth-order valence-corrected chi connectivity index (χ4v) is 3.83. The van der Waals surface area contributed by atoms with E-state index in [1.54, 1.807) is 4.68 Å². The van der Waals surface area contributed by atoms with Gasteiger partial charge in [-0.2, -0.15) is 0 Å². The van der Waals surface area contributed by atoms with Gasteiger partial charge in [0.05, 0.1) is 5.69 Å². The molecule has 0 spiro atoms. The lowest BCUT2D eigenvalue weighted by Crippen LogP contribution is -2.44. The molecule has 29 heavy (non-hydrogen) atoms. The standard InChI is InChI=1S/C21H23ClN6O/c1-26-9-7-19(8-10-26)27(2)21(29)17-11-16(15-3-5-18(22)6-4-15)12-20(13-17)28-14-23-24-25-28/h3-6,11-14,19H,7-10H2,1-2H3. The predicted octanol–water partition coefficient (Wildman–Crippen LogP) is 3.15.